The molecule has 0 amide bonds. The number of hydrogen-bond acceptors (Lipinski definition) is 2. The number of rotatable bonds is 4. The summed E-state index contributed by atoms with van der Waals surface area (Å²) < 4.78 is 1.89. The molecule has 0 spiro atoms. The molecule has 0 bridgehead atoms. The van der Waals surface area contributed by atoms with Crippen LogP contribution in [0.4, 0.5) is 0 Å². The van der Waals surface area contributed by atoms with Gasteiger partial charge in [-0.3, -0.25) is 0 Å². The average molecular weight is 265 g/mol. The van der Waals surface area contributed by atoms with E-state index in [1.165, 1.54) is 30.4 Å². The lowest BCUT2D eigenvalue weighted by Crippen LogP contribution is -1.95. The SMILES string of the molecule is C1=C(c2cn(C/C=C/c3ccccc3)nn2)CCCC1. The van der Waals surface area contributed by atoms with Crippen LogP contribution in [-0.2, 0) is 6.54 Å². The van der Waals surface area contributed by atoms with Crippen LogP contribution < -0.4 is 0 Å². The Morgan fingerprint density at radius 3 is 2.85 bits per heavy atom. The highest BCUT2D eigenvalue weighted by Gasteiger charge is 2.09. The predicted octanol–water partition coefficient (Wildman–Crippen LogP) is 3.95. The molecule has 1 aliphatic rings. The molecule has 1 heterocycles. The van der Waals surface area contributed by atoms with Crippen LogP contribution in [-0.4, -0.2) is 15.0 Å². The summed E-state index contributed by atoms with van der Waals surface area (Å²) in [5, 5.41) is 8.47. The zero-order valence-corrected chi connectivity index (χ0v) is 11.6. The van der Waals surface area contributed by atoms with Gasteiger partial charge in [-0.2, -0.15) is 0 Å². The average Bonchev–Trinajstić information content (AvgIpc) is 2.98. The van der Waals surface area contributed by atoms with E-state index in [0.717, 1.165) is 18.7 Å². The van der Waals surface area contributed by atoms with Gasteiger partial charge in [-0.25, -0.2) is 4.68 Å². The number of allylic oxidation sites excluding steroid dienone is 3. The van der Waals surface area contributed by atoms with Crippen LogP contribution in [0, 0.1) is 0 Å². The van der Waals surface area contributed by atoms with Gasteiger partial charge in [-0.1, -0.05) is 53.8 Å². The van der Waals surface area contributed by atoms with Crippen LogP contribution in [0.15, 0.2) is 48.7 Å². The normalized spacial score (nSPS) is 15.5. The number of hydrogen-bond donors (Lipinski definition) is 0. The van der Waals surface area contributed by atoms with E-state index in [1.807, 2.05) is 29.1 Å². The lowest BCUT2D eigenvalue weighted by Gasteiger charge is -2.08. The van der Waals surface area contributed by atoms with Crippen molar-refractivity contribution < 1.29 is 0 Å². The van der Waals surface area contributed by atoms with E-state index in [2.05, 4.69) is 40.7 Å². The number of nitrogens with zero attached hydrogens (tertiary/aromatic N) is 3. The predicted molar refractivity (Wildman–Crippen MR) is 81.9 cm³/mol. The molecule has 0 saturated heterocycles. The molecule has 2 aromatic rings. The van der Waals surface area contributed by atoms with E-state index >= 15 is 0 Å². The second-order valence-electron chi connectivity index (χ2n) is 5.11. The maximum atomic E-state index is 4.28. The smallest absolute Gasteiger partial charge is 0.108 e. The van der Waals surface area contributed by atoms with Crippen molar-refractivity contribution in [3.8, 4) is 0 Å². The van der Waals surface area contributed by atoms with Gasteiger partial charge in [0.2, 0.25) is 0 Å². The van der Waals surface area contributed by atoms with Gasteiger partial charge in [0.25, 0.3) is 0 Å². The summed E-state index contributed by atoms with van der Waals surface area (Å²) in [7, 11) is 0. The summed E-state index contributed by atoms with van der Waals surface area (Å²) in [6.45, 7) is 0.759. The Bertz CT molecular complexity index is 608. The molecule has 0 saturated carbocycles. The molecule has 0 unspecified atom stereocenters. The third-order valence-electron chi connectivity index (χ3n) is 3.56. The topological polar surface area (TPSA) is 30.7 Å². The summed E-state index contributed by atoms with van der Waals surface area (Å²) in [5.74, 6) is 0. The second-order valence-corrected chi connectivity index (χ2v) is 5.11. The van der Waals surface area contributed by atoms with E-state index in [1.54, 1.807) is 0 Å². The first-order valence-corrected chi connectivity index (χ1v) is 7.23. The third kappa shape index (κ3) is 3.23. The number of benzene rings is 1. The zero-order chi connectivity index (χ0) is 13.6. The molecule has 0 atom stereocenters. The molecule has 20 heavy (non-hydrogen) atoms. The van der Waals surface area contributed by atoms with Crippen LogP contribution >= 0.6 is 0 Å². The van der Waals surface area contributed by atoms with Crippen molar-refractivity contribution in [1.29, 1.82) is 0 Å². The lowest BCUT2D eigenvalue weighted by atomic mass is 9.98. The van der Waals surface area contributed by atoms with Crippen molar-refractivity contribution in [3.05, 3.63) is 59.9 Å². The van der Waals surface area contributed by atoms with Crippen molar-refractivity contribution in [3.63, 3.8) is 0 Å². The summed E-state index contributed by atoms with van der Waals surface area (Å²) in [6.07, 6.45) is 13.5. The van der Waals surface area contributed by atoms with Crippen molar-refractivity contribution in [2.24, 2.45) is 0 Å². The molecule has 3 rings (SSSR count). The third-order valence-corrected chi connectivity index (χ3v) is 3.56. The fourth-order valence-corrected chi connectivity index (χ4v) is 2.47. The maximum absolute atomic E-state index is 4.28. The van der Waals surface area contributed by atoms with Crippen molar-refractivity contribution >= 4 is 11.6 Å². The van der Waals surface area contributed by atoms with Crippen LogP contribution in [0.1, 0.15) is 36.9 Å². The van der Waals surface area contributed by atoms with Crippen LogP contribution in [0.5, 0.6) is 0 Å². The monoisotopic (exact) mass is 265 g/mol. The van der Waals surface area contributed by atoms with Crippen molar-refractivity contribution in [2.45, 2.75) is 32.2 Å². The van der Waals surface area contributed by atoms with Gasteiger partial charge >= 0.3 is 0 Å². The Morgan fingerprint density at radius 1 is 1.15 bits per heavy atom. The van der Waals surface area contributed by atoms with Gasteiger partial charge < -0.3 is 0 Å². The van der Waals surface area contributed by atoms with Crippen LogP contribution in [0.25, 0.3) is 11.6 Å². The molecule has 3 nitrogen and oxygen atoms in total. The minimum absolute atomic E-state index is 0.759. The van der Waals surface area contributed by atoms with Gasteiger partial charge in [0.1, 0.15) is 5.69 Å². The quantitative estimate of drug-likeness (QED) is 0.838. The van der Waals surface area contributed by atoms with Crippen molar-refractivity contribution in [1.82, 2.24) is 15.0 Å². The van der Waals surface area contributed by atoms with E-state index in [-0.39, 0.29) is 0 Å². The zero-order valence-electron chi connectivity index (χ0n) is 11.6. The fraction of sp³-hybridized carbons (Fsp3) is 0.294. The van der Waals surface area contributed by atoms with Gasteiger partial charge in [0.05, 0.1) is 12.7 Å². The molecule has 0 aliphatic heterocycles. The van der Waals surface area contributed by atoms with E-state index in [4.69, 9.17) is 0 Å². The van der Waals surface area contributed by atoms with Gasteiger partial charge in [0, 0.05) is 0 Å². The van der Waals surface area contributed by atoms with Gasteiger partial charge in [-0.05, 0) is 36.8 Å². The molecule has 0 radical (unpaired) electrons. The highest BCUT2D eigenvalue weighted by Crippen LogP contribution is 2.24. The van der Waals surface area contributed by atoms with Gasteiger partial charge in [0.15, 0.2) is 0 Å². The summed E-state index contributed by atoms with van der Waals surface area (Å²) in [6, 6.07) is 10.3. The summed E-state index contributed by atoms with van der Waals surface area (Å²) >= 11 is 0. The molecule has 0 N–H and O–H groups in total. The second kappa shape index (κ2) is 6.33. The first kappa shape index (κ1) is 12.9. The molecule has 1 aromatic heterocycles. The van der Waals surface area contributed by atoms with E-state index < -0.39 is 0 Å². The Morgan fingerprint density at radius 2 is 2.05 bits per heavy atom. The summed E-state index contributed by atoms with van der Waals surface area (Å²) in [5.41, 5.74) is 3.61. The maximum Gasteiger partial charge on any atom is 0.108 e. The largest absolute Gasteiger partial charge is 0.248 e. The molecule has 1 aliphatic carbocycles. The lowest BCUT2D eigenvalue weighted by molar-refractivity contribution is 0.662. The first-order chi connectivity index (χ1) is 9.92. The van der Waals surface area contributed by atoms with E-state index in [0.29, 0.717) is 0 Å². The molecular weight excluding hydrogens is 246 g/mol. The summed E-state index contributed by atoms with van der Waals surface area (Å²) in [4.78, 5) is 0. The minimum Gasteiger partial charge on any atom is -0.248 e. The highest BCUT2D eigenvalue weighted by molar-refractivity contribution is 5.62. The fourth-order valence-electron chi connectivity index (χ4n) is 2.47. The minimum atomic E-state index is 0.759. The molecule has 1 aromatic carbocycles. The Labute approximate surface area is 119 Å². The van der Waals surface area contributed by atoms with Gasteiger partial charge in [-0.15, -0.1) is 5.10 Å². The highest BCUT2D eigenvalue weighted by atomic mass is 15.4. The van der Waals surface area contributed by atoms with Crippen molar-refractivity contribution in [2.75, 3.05) is 0 Å². The molecule has 102 valence electrons. The van der Waals surface area contributed by atoms with E-state index in [9.17, 15) is 0 Å². The first-order valence-electron chi connectivity index (χ1n) is 7.23. The van der Waals surface area contributed by atoms with Crippen LogP contribution in [0.3, 0.4) is 0 Å². The standard InChI is InChI=1S/C17H19N3/c1-3-8-15(9-4-1)10-7-13-20-14-17(18-19-20)16-11-5-2-6-12-16/h1,3-4,7-11,14H,2,5-6,12-13H2/b10-7+. The Balaban J connectivity index is 1.63. The number of aromatic nitrogens is 3. The Hall–Kier alpha value is -2.16. The Kier molecular flexibility index (Phi) is 4.07. The molecule has 0 fully saturated rings. The molecular formula is C17H19N3. The van der Waals surface area contributed by atoms with Crippen LogP contribution in [0.2, 0.25) is 0 Å². The molecule has 3 heteroatoms.